The van der Waals surface area contributed by atoms with E-state index in [0.29, 0.717) is 6.10 Å². The molecule has 1 saturated heterocycles. The molecule has 0 N–H and O–H groups in total. The quantitative estimate of drug-likeness (QED) is 0.568. The smallest absolute Gasteiger partial charge is 0.0759 e. The molecule has 0 aromatic rings. The fourth-order valence-electron chi connectivity index (χ4n) is 1.48. The van der Waals surface area contributed by atoms with Gasteiger partial charge >= 0.3 is 0 Å². The normalized spacial score (nSPS) is 23.6. The number of hydrogen-bond donors (Lipinski definition) is 0. The van der Waals surface area contributed by atoms with Crippen molar-refractivity contribution < 1.29 is 4.74 Å². The maximum Gasteiger partial charge on any atom is 0.0759 e. The minimum absolute atomic E-state index is 0.435. The molecule has 1 heterocycles. The summed E-state index contributed by atoms with van der Waals surface area (Å²) in [5.41, 5.74) is 1.54. The van der Waals surface area contributed by atoms with Crippen LogP contribution in [0, 0.1) is 0 Å². The van der Waals surface area contributed by atoms with E-state index in [2.05, 4.69) is 19.9 Å². The van der Waals surface area contributed by atoms with Gasteiger partial charge in [0.1, 0.15) is 0 Å². The van der Waals surface area contributed by atoms with E-state index in [-0.39, 0.29) is 0 Å². The summed E-state index contributed by atoms with van der Waals surface area (Å²) in [4.78, 5) is 0. The second-order valence-corrected chi connectivity index (χ2v) is 3.08. The van der Waals surface area contributed by atoms with Crippen LogP contribution < -0.4 is 0 Å². The molecule has 0 aliphatic carbocycles. The molecule has 1 rings (SSSR count). The van der Waals surface area contributed by atoms with Gasteiger partial charge in [-0.15, -0.1) is 0 Å². The number of allylic oxidation sites excluding steroid dienone is 1. The van der Waals surface area contributed by atoms with Crippen LogP contribution in [0.2, 0.25) is 0 Å². The van der Waals surface area contributed by atoms with Crippen molar-refractivity contribution in [2.75, 3.05) is 6.61 Å². The van der Waals surface area contributed by atoms with Crippen LogP contribution in [0.3, 0.4) is 0 Å². The Hall–Kier alpha value is -0.300. The molecule has 0 saturated carbocycles. The van der Waals surface area contributed by atoms with E-state index in [4.69, 9.17) is 4.74 Å². The summed E-state index contributed by atoms with van der Waals surface area (Å²) < 4.78 is 5.51. The molecule has 0 unspecified atom stereocenters. The first kappa shape index (κ1) is 8.79. The highest BCUT2D eigenvalue weighted by molar-refractivity contribution is 5.04. The van der Waals surface area contributed by atoms with Crippen molar-refractivity contribution in [1.82, 2.24) is 0 Å². The van der Waals surface area contributed by atoms with E-state index in [0.717, 1.165) is 6.61 Å². The van der Waals surface area contributed by atoms with Gasteiger partial charge in [0.2, 0.25) is 0 Å². The predicted octanol–water partition coefficient (Wildman–Crippen LogP) is 2.91. The lowest BCUT2D eigenvalue weighted by molar-refractivity contribution is 0.145. The Labute approximate surface area is 69.4 Å². The van der Waals surface area contributed by atoms with Gasteiger partial charge < -0.3 is 4.74 Å². The Bertz CT molecular complexity index is 126. The zero-order valence-electron chi connectivity index (χ0n) is 7.60. The third-order valence-corrected chi connectivity index (χ3v) is 2.29. The predicted molar refractivity (Wildman–Crippen MR) is 47.6 cm³/mol. The first-order valence-corrected chi connectivity index (χ1v) is 4.68. The molecular formula is C10H18O. The van der Waals surface area contributed by atoms with Crippen LogP contribution in [-0.2, 0) is 4.74 Å². The molecule has 1 nitrogen and oxygen atoms in total. The van der Waals surface area contributed by atoms with Crippen LogP contribution >= 0.6 is 0 Å². The van der Waals surface area contributed by atoms with E-state index in [9.17, 15) is 0 Å². The van der Waals surface area contributed by atoms with Crippen molar-refractivity contribution in [2.24, 2.45) is 0 Å². The Morgan fingerprint density at radius 2 is 2.18 bits per heavy atom. The van der Waals surface area contributed by atoms with Gasteiger partial charge in [0.05, 0.1) is 6.10 Å². The van der Waals surface area contributed by atoms with E-state index in [1.807, 2.05) is 0 Å². The SMILES string of the molecule is CCC(=C[C@H]1CCCO1)CC. The zero-order valence-corrected chi connectivity index (χ0v) is 7.60. The lowest BCUT2D eigenvalue weighted by Gasteiger charge is -2.05. The van der Waals surface area contributed by atoms with Crippen molar-refractivity contribution in [2.45, 2.75) is 45.6 Å². The average Bonchev–Trinajstić information content (AvgIpc) is 2.52. The molecule has 1 aliphatic rings. The van der Waals surface area contributed by atoms with Gasteiger partial charge in [-0.1, -0.05) is 25.5 Å². The summed E-state index contributed by atoms with van der Waals surface area (Å²) in [6, 6.07) is 0. The van der Waals surface area contributed by atoms with Crippen LogP contribution in [0.5, 0.6) is 0 Å². The summed E-state index contributed by atoms with van der Waals surface area (Å²) in [6.45, 7) is 5.39. The highest BCUT2D eigenvalue weighted by Crippen LogP contribution is 2.17. The molecule has 1 heteroatoms. The third kappa shape index (κ3) is 2.66. The Balaban J connectivity index is 2.40. The zero-order chi connectivity index (χ0) is 8.10. The maximum absolute atomic E-state index is 5.51. The largest absolute Gasteiger partial charge is 0.374 e. The second-order valence-electron chi connectivity index (χ2n) is 3.08. The van der Waals surface area contributed by atoms with E-state index < -0.39 is 0 Å². The molecule has 0 spiro atoms. The first-order valence-electron chi connectivity index (χ1n) is 4.68. The first-order chi connectivity index (χ1) is 5.36. The van der Waals surface area contributed by atoms with Crippen molar-refractivity contribution in [3.63, 3.8) is 0 Å². The second kappa shape index (κ2) is 4.55. The highest BCUT2D eigenvalue weighted by atomic mass is 16.5. The molecule has 0 bridgehead atoms. The topological polar surface area (TPSA) is 9.23 Å². The summed E-state index contributed by atoms with van der Waals surface area (Å²) >= 11 is 0. The minimum atomic E-state index is 0.435. The molecule has 0 amide bonds. The van der Waals surface area contributed by atoms with Crippen molar-refractivity contribution in [3.8, 4) is 0 Å². The highest BCUT2D eigenvalue weighted by Gasteiger charge is 2.12. The lowest BCUT2D eigenvalue weighted by atomic mass is 10.1. The molecule has 0 aromatic carbocycles. The molecule has 11 heavy (non-hydrogen) atoms. The third-order valence-electron chi connectivity index (χ3n) is 2.29. The van der Waals surface area contributed by atoms with Gasteiger partial charge in [-0.05, 0) is 25.7 Å². The van der Waals surface area contributed by atoms with Crippen molar-refractivity contribution in [3.05, 3.63) is 11.6 Å². The number of rotatable bonds is 3. The Kier molecular flexibility index (Phi) is 3.64. The summed E-state index contributed by atoms with van der Waals surface area (Å²) in [5.74, 6) is 0. The van der Waals surface area contributed by atoms with Crippen LogP contribution in [0.4, 0.5) is 0 Å². The van der Waals surface area contributed by atoms with Crippen LogP contribution in [0.15, 0.2) is 11.6 Å². The van der Waals surface area contributed by atoms with Crippen molar-refractivity contribution in [1.29, 1.82) is 0 Å². The van der Waals surface area contributed by atoms with Crippen LogP contribution in [0.25, 0.3) is 0 Å². The molecule has 1 aliphatic heterocycles. The summed E-state index contributed by atoms with van der Waals surface area (Å²) in [7, 11) is 0. The van der Waals surface area contributed by atoms with E-state index >= 15 is 0 Å². The Morgan fingerprint density at radius 1 is 1.45 bits per heavy atom. The molecule has 64 valence electrons. The minimum Gasteiger partial charge on any atom is -0.374 e. The fourth-order valence-corrected chi connectivity index (χ4v) is 1.48. The monoisotopic (exact) mass is 154 g/mol. The van der Waals surface area contributed by atoms with Gasteiger partial charge in [-0.3, -0.25) is 0 Å². The van der Waals surface area contributed by atoms with Crippen LogP contribution in [0.1, 0.15) is 39.5 Å². The molecule has 0 radical (unpaired) electrons. The molecule has 0 aromatic heterocycles. The standard InChI is InChI=1S/C10H18O/c1-3-9(4-2)8-10-6-5-7-11-10/h8,10H,3-7H2,1-2H3/t10-/m1/s1. The fraction of sp³-hybridized carbons (Fsp3) is 0.800. The Morgan fingerprint density at radius 3 is 2.64 bits per heavy atom. The maximum atomic E-state index is 5.51. The van der Waals surface area contributed by atoms with Crippen molar-refractivity contribution >= 4 is 0 Å². The molecule has 1 atom stereocenters. The van der Waals surface area contributed by atoms with E-state index in [1.54, 1.807) is 0 Å². The average molecular weight is 154 g/mol. The number of ether oxygens (including phenoxy) is 1. The molecule has 1 fully saturated rings. The summed E-state index contributed by atoms with van der Waals surface area (Å²) in [6.07, 6.45) is 7.57. The van der Waals surface area contributed by atoms with Gasteiger partial charge in [-0.25, -0.2) is 0 Å². The van der Waals surface area contributed by atoms with E-state index in [1.165, 1.54) is 31.3 Å². The molecular weight excluding hydrogens is 136 g/mol. The lowest BCUT2D eigenvalue weighted by Crippen LogP contribution is -2.00. The van der Waals surface area contributed by atoms with Gasteiger partial charge in [0.15, 0.2) is 0 Å². The summed E-state index contributed by atoms with van der Waals surface area (Å²) in [5, 5.41) is 0. The number of hydrogen-bond acceptors (Lipinski definition) is 1. The van der Waals surface area contributed by atoms with Gasteiger partial charge in [0.25, 0.3) is 0 Å². The van der Waals surface area contributed by atoms with Crippen LogP contribution in [-0.4, -0.2) is 12.7 Å². The van der Waals surface area contributed by atoms with Gasteiger partial charge in [0, 0.05) is 6.61 Å². The van der Waals surface area contributed by atoms with Gasteiger partial charge in [-0.2, -0.15) is 0 Å².